The summed E-state index contributed by atoms with van der Waals surface area (Å²) in [5.41, 5.74) is 0.0549. The molecule has 0 radical (unpaired) electrons. The van der Waals surface area contributed by atoms with E-state index < -0.39 is 17.5 Å². The maximum Gasteiger partial charge on any atom is 0.258 e. The number of hydrogen-bond donors (Lipinski definition) is 1. The van der Waals surface area contributed by atoms with Crippen LogP contribution in [0.2, 0.25) is 0 Å². The van der Waals surface area contributed by atoms with Crippen LogP contribution in [-0.4, -0.2) is 12.5 Å². The second kappa shape index (κ2) is 6.14. The Bertz CT molecular complexity index is 629. The number of para-hydroxylation sites is 2. The molecule has 0 spiro atoms. The van der Waals surface area contributed by atoms with Gasteiger partial charge < -0.3 is 10.1 Å². The highest BCUT2D eigenvalue weighted by Gasteiger charge is 2.16. The van der Waals surface area contributed by atoms with Gasteiger partial charge in [0.25, 0.3) is 5.91 Å². The third-order valence-corrected chi connectivity index (χ3v) is 2.63. The van der Waals surface area contributed by atoms with Crippen LogP contribution in [0.1, 0.15) is 17.3 Å². The molecule has 0 aliphatic heterocycles. The zero-order chi connectivity index (χ0) is 14.5. The van der Waals surface area contributed by atoms with Crippen molar-refractivity contribution < 1.29 is 18.3 Å². The molecule has 0 atom stereocenters. The van der Waals surface area contributed by atoms with E-state index in [0.29, 0.717) is 18.0 Å². The van der Waals surface area contributed by atoms with Crippen molar-refractivity contribution in [3.05, 3.63) is 59.7 Å². The van der Waals surface area contributed by atoms with Crippen LogP contribution < -0.4 is 10.1 Å². The quantitative estimate of drug-likeness (QED) is 0.927. The highest BCUT2D eigenvalue weighted by Crippen LogP contribution is 2.24. The van der Waals surface area contributed by atoms with Crippen molar-refractivity contribution in [3.8, 4) is 5.75 Å². The average molecular weight is 277 g/mol. The molecule has 0 saturated carbocycles. The second-order valence-electron chi connectivity index (χ2n) is 3.98. The Hall–Kier alpha value is -2.43. The summed E-state index contributed by atoms with van der Waals surface area (Å²) in [4.78, 5) is 12.0. The Morgan fingerprint density at radius 2 is 1.90 bits per heavy atom. The number of rotatable bonds is 4. The van der Waals surface area contributed by atoms with Gasteiger partial charge in [-0.25, -0.2) is 8.78 Å². The second-order valence-corrected chi connectivity index (χ2v) is 3.98. The van der Waals surface area contributed by atoms with Crippen LogP contribution >= 0.6 is 0 Å². The zero-order valence-electron chi connectivity index (χ0n) is 10.8. The molecule has 5 heteroatoms. The van der Waals surface area contributed by atoms with Crippen molar-refractivity contribution in [3.63, 3.8) is 0 Å². The molecule has 0 aliphatic carbocycles. The van der Waals surface area contributed by atoms with Crippen LogP contribution in [0.5, 0.6) is 5.75 Å². The van der Waals surface area contributed by atoms with Gasteiger partial charge in [-0.05, 0) is 31.2 Å². The molecule has 1 N–H and O–H groups in total. The number of carbonyl (C=O) groups is 1. The van der Waals surface area contributed by atoms with Gasteiger partial charge in [0.2, 0.25) is 0 Å². The summed E-state index contributed by atoms with van der Waals surface area (Å²) in [6.45, 7) is 2.24. The summed E-state index contributed by atoms with van der Waals surface area (Å²) in [6, 6.07) is 10.2. The maximum atomic E-state index is 13.5. The molecule has 3 nitrogen and oxygen atoms in total. The molecule has 20 heavy (non-hydrogen) atoms. The number of halogens is 2. The predicted molar refractivity (Wildman–Crippen MR) is 71.9 cm³/mol. The van der Waals surface area contributed by atoms with Crippen LogP contribution in [0.3, 0.4) is 0 Å². The Labute approximate surface area is 115 Å². The highest BCUT2D eigenvalue weighted by molar-refractivity contribution is 6.05. The van der Waals surface area contributed by atoms with E-state index in [1.807, 2.05) is 6.92 Å². The standard InChI is InChI=1S/C15H13F2NO2/c1-2-20-13-9-4-3-8-12(13)18-15(19)10-6-5-7-11(16)14(10)17/h3-9H,2H2,1H3,(H,18,19). The minimum absolute atomic E-state index is 0.351. The fraction of sp³-hybridized carbons (Fsp3) is 0.133. The van der Waals surface area contributed by atoms with Gasteiger partial charge in [0.15, 0.2) is 11.6 Å². The van der Waals surface area contributed by atoms with Crippen LogP contribution in [0.4, 0.5) is 14.5 Å². The SMILES string of the molecule is CCOc1ccccc1NC(=O)c1cccc(F)c1F. The smallest absolute Gasteiger partial charge is 0.258 e. The molecule has 1 amide bonds. The van der Waals surface area contributed by atoms with E-state index in [2.05, 4.69) is 5.32 Å². The lowest BCUT2D eigenvalue weighted by molar-refractivity contribution is 0.102. The lowest BCUT2D eigenvalue weighted by atomic mass is 10.2. The molecule has 0 aliphatic rings. The Morgan fingerprint density at radius 1 is 1.15 bits per heavy atom. The van der Waals surface area contributed by atoms with Crippen LogP contribution in [0, 0.1) is 11.6 Å². The first-order chi connectivity index (χ1) is 9.63. The Balaban J connectivity index is 2.26. The first kappa shape index (κ1) is 14.0. The number of hydrogen-bond acceptors (Lipinski definition) is 2. The lowest BCUT2D eigenvalue weighted by Gasteiger charge is -2.11. The number of benzene rings is 2. The average Bonchev–Trinajstić information content (AvgIpc) is 2.44. The first-order valence-corrected chi connectivity index (χ1v) is 6.10. The number of carbonyl (C=O) groups excluding carboxylic acids is 1. The molecule has 0 unspecified atom stereocenters. The van der Waals surface area contributed by atoms with E-state index in [-0.39, 0.29) is 5.56 Å². The van der Waals surface area contributed by atoms with Crippen LogP contribution in [-0.2, 0) is 0 Å². The predicted octanol–water partition coefficient (Wildman–Crippen LogP) is 3.62. The van der Waals surface area contributed by atoms with E-state index in [0.717, 1.165) is 6.07 Å². The molecule has 2 rings (SSSR count). The first-order valence-electron chi connectivity index (χ1n) is 6.10. The van der Waals surface area contributed by atoms with Gasteiger partial charge in [-0.15, -0.1) is 0 Å². The summed E-state index contributed by atoms with van der Waals surface area (Å²) < 4.78 is 32.0. The third-order valence-electron chi connectivity index (χ3n) is 2.63. The maximum absolute atomic E-state index is 13.5. The lowest BCUT2D eigenvalue weighted by Crippen LogP contribution is -2.15. The third kappa shape index (κ3) is 2.93. The minimum Gasteiger partial charge on any atom is -0.492 e. The van der Waals surface area contributed by atoms with Crippen molar-refractivity contribution in [1.82, 2.24) is 0 Å². The Kier molecular flexibility index (Phi) is 4.30. The summed E-state index contributed by atoms with van der Waals surface area (Å²) in [6.07, 6.45) is 0. The topological polar surface area (TPSA) is 38.3 Å². The largest absolute Gasteiger partial charge is 0.492 e. The Morgan fingerprint density at radius 3 is 2.65 bits per heavy atom. The molecule has 104 valence electrons. The van der Waals surface area contributed by atoms with E-state index in [4.69, 9.17) is 4.74 Å². The molecule has 0 saturated heterocycles. The van der Waals surface area contributed by atoms with Crippen molar-refractivity contribution in [2.24, 2.45) is 0 Å². The molecule has 0 aromatic heterocycles. The van der Waals surface area contributed by atoms with E-state index in [9.17, 15) is 13.6 Å². The molecule has 0 bridgehead atoms. The fourth-order valence-corrected chi connectivity index (χ4v) is 1.72. The normalized spacial score (nSPS) is 10.2. The monoisotopic (exact) mass is 277 g/mol. The molecular formula is C15H13F2NO2. The molecule has 2 aromatic carbocycles. The molecular weight excluding hydrogens is 264 g/mol. The summed E-state index contributed by atoms with van der Waals surface area (Å²) in [7, 11) is 0. The summed E-state index contributed by atoms with van der Waals surface area (Å²) in [5.74, 6) is -2.48. The molecule has 2 aromatic rings. The number of amides is 1. The van der Waals surface area contributed by atoms with Gasteiger partial charge in [-0.2, -0.15) is 0 Å². The molecule has 0 heterocycles. The van der Waals surface area contributed by atoms with Gasteiger partial charge in [-0.1, -0.05) is 18.2 Å². The highest BCUT2D eigenvalue weighted by atomic mass is 19.2. The van der Waals surface area contributed by atoms with E-state index in [1.165, 1.54) is 12.1 Å². The zero-order valence-corrected chi connectivity index (χ0v) is 10.8. The summed E-state index contributed by atoms with van der Waals surface area (Å²) in [5, 5.41) is 2.51. The van der Waals surface area contributed by atoms with Crippen LogP contribution in [0.15, 0.2) is 42.5 Å². The molecule has 0 fully saturated rings. The van der Waals surface area contributed by atoms with Crippen LogP contribution in [0.25, 0.3) is 0 Å². The van der Waals surface area contributed by atoms with Gasteiger partial charge in [-0.3, -0.25) is 4.79 Å². The van der Waals surface area contributed by atoms with E-state index in [1.54, 1.807) is 24.3 Å². The number of anilines is 1. The van der Waals surface area contributed by atoms with Crippen molar-refractivity contribution in [2.75, 3.05) is 11.9 Å². The number of ether oxygens (including phenoxy) is 1. The van der Waals surface area contributed by atoms with Gasteiger partial charge in [0.05, 0.1) is 17.9 Å². The van der Waals surface area contributed by atoms with Gasteiger partial charge in [0.1, 0.15) is 5.75 Å². The van der Waals surface area contributed by atoms with Crippen molar-refractivity contribution >= 4 is 11.6 Å². The fourth-order valence-electron chi connectivity index (χ4n) is 1.72. The van der Waals surface area contributed by atoms with Gasteiger partial charge >= 0.3 is 0 Å². The summed E-state index contributed by atoms with van der Waals surface area (Å²) >= 11 is 0. The van der Waals surface area contributed by atoms with E-state index >= 15 is 0 Å². The number of nitrogens with one attached hydrogen (secondary N) is 1. The minimum atomic E-state index is -1.17. The van der Waals surface area contributed by atoms with Gasteiger partial charge in [0, 0.05) is 0 Å². The van der Waals surface area contributed by atoms with Crippen molar-refractivity contribution in [1.29, 1.82) is 0 Å². The van der Waals surface area contributed by atoms with Crippen molar-refractivity contribution in [2.45, 2.75) is 6.92 Å².